The molecular formula is C14H18BrClN2O. The number of hydrogen-bond acceptors (Lipinski definition) is 2. The Balaban J connectivity index is 2.17. The van der Waals surface area contributed by atoms with Crippen molar-refractivity contribution < 1.29 is 4.79 Å². The van der Waals surface area contributed by atoms with Gasteiger partial charge < -0.3 is 10.6 Å². The maximum absolute atomic E-state index is 12.5. The lowest BCUT2D eigenvalue weighted by Gasteiger charge is -2.34. The summed E-state index contributed by atoms with van der Waals surface area (Å²) in [4.78, 5) is 14.4. The number of hydrogen-bond donors (Lipinski definition) is 1. The molecule has 0 saturated carbocycles. The van der Waals surface area contributed by atoms with E-state index in [0.717, 1.165) is 30.4 Å². The van der Waals surface area contributed by atoms with E-state index in [-0.39, 0.29) is 11.9 Å². The standard InChI is InChI=1S/C14H18BrClN2O/c1-9(17)10-3-2-6-18(8-10)14(19)12-7-11(15)4-5-13(12)16/h4-5,7,9-10H,2-3,6,8,17H2,1H3. The fourth-order valence-corrected chi connectivity index (χ4v) is 3.01. The summed E-state index contributed by atoms with van der Waals surface area (Å²) in [5, 5.41) is 0.496. The normalized spacial score (nSPS) is 21.3. The SMILES string of the molecule is CC(N)C1CCCN(C(=O)c2cc(Br)ccc2Cl)C1. The van der Waals surface area contributed by atoms with Gasteiger partial charge in [0.05, 0.1) is 10.6 Å². The second kappa shape index (κ2) is 6.25. The second-order valence-electron chi connectivity index (χ2n) is 5.14. The van der Waals surface area contributed by atoms with Crippen LogP contribution in [0.4, 0.5) is 0 Å². The molecule has 1 aromatic carbocycles. The average molecular weight is 346 g/mol. The zero-order chi connectivity index (χ0) is 14.0. The molecule has 1 aliphatic heterocycles. The molecule has 1 amide bonds. The Bertz CT molecular complexity index is 479. The van der Waals surface area contributed by atoms with Crippen LogP contribution in [0.25, 0.3) is 0 Å². The molecular weight excluding hydrogens is 328 g/mol. The van der Waals surface area contributed by atoms with Gasteiger partial charge in [-0.05, 0) is 43.9 Å². The van der Waals surface area contributed by atoms with Crippen molar-refractivity contribution in [3.05, 3.63) is 33.3 Å². The van der Waals surface area contributed by atoms with Crippen molar-refractivity contribution in [3.8, 4) is 0 Å². The van der Waals surface area contributed by atoms with E-state index in [1.165, 1.54) is 0 Å². The third-order valence-corrected chi connectivity index (χ3v) is 4.47. The molecule has 1 heterocycles. The summed E-state index contributed by atoms with van der Waals surface area (Å²) in [7, 11) is 0. The highest BCUT2D eigenvalue weighted by molar-refractivity contribution is 9.10. The van der Waals surface area contributed by atoms with E-state index < -0.39 is 0 Å². The van der Waals surface area contributed by atoms with Crippen LogP contribution in [0, 0.1) is 5.92 Å². The number of rotatable bonds is 2. The molecule has 1 saturated heterocycles. The maximum Gasteiger partial charge on any atom is 0.255 e. The molecule has 19 heavy (non-hydrogen) atoms. The smallest absolute Gasteiger partial charge is 0.255 e. The highest BCUT2D eigenvalue weighted by Gasteiger charge is 2.27. The van der Waals surface area contributed by atoms with Crippen LogP contribution in [-0.4, -0.2) is 29.9 Å². The monoisotopic (exact) mass is 344 g/mol. The molecule has 0 spiro atoms. The van der Waals surface area contributed by atoms with E-state index in [2.05, 4.69) is 15.9 Å². The lowest BCUT2D eigenvalue weighted by molar-refractivity contribution is 0.0661. The lowest BCUT2D eigenvalue weighted by Crippen LogP contribution is -2.45. The van der Waals surface area contributed by atoms with Gasteiger partial charge in [-0.15, -0.1) is 0 Å². The summed E-state index contributed by atoms with van der Waals surface area (Å²) in [6, 6.07) is 5.47. The van der Waals surface area contributed by atoms with Crippen molar-refractivity contribution in [1.29, 1.82) is 0 Å². The molecule has 104 valence electrons. The van der Waals surface area contributed by atoms with Gasteiger partial charge in [-0.3, -0.25) is 4.79 Å². The molecule has 2 unspecified atom stereocenters. The molecule has 1 aliphatic rings. The van der Waals surface area contributed by atoms with Crippen molar-refractivity contribution in [2.75, 3.05) is 13.1 Å². The molecule has 2 rings (SSSR count). The quantitative estimate of drug-likeness (QED) is 0.894. The molecule has 1 fully saturated rings. The van der Waals surface area contributed by atoms with Crippen LogP contribution in [0.1, 0.15) is 30.1 Å². The maximum atomic E-state index is 12.5. The third-order valence-electron chi connectivity index (χ3n) is 3.65. The third kappa shape index (κ3) is 3.50. The van der Waals surface area contributed by atoms with E-state index in [4.69, 9.17) is 17.3 Å². The molecule has 3 nitrogen and oxygen atoms in total. The van der Waals surface area contributed by atoms with Crippen LogP contribution in [0.5, 0.6) is 0 Å². The number of halogens is 2. The van der Waals surface area contributed by atoms with Gasteiger partial charge in [0.25, 0.3) is 5.91 Å². The molecule has 2 atom stereocenters. The summed E-state index contributed by atoms with van der Waals surface area (Å²) in [6.07, 6.45) is 2.09. The van der Waals surface area contributed by atoms with Crippen LogP contribution in [0.15, 0.2) is 22.7 Å². The van der Waals surface area contributed by atoms with E-state index >= 15 is 0 Å². The minimum Gasteiger partial charge on any atom is -0.338 e. The Hall–Kier alpha value is -0.580. The first-order chi connectivity index (χ1) is 8.99. The molecule has 0 bridgehead atoms. The number of piperidine rings is 1. The predicted octanol–water partition coefficient (Wildman–Crippen LogP) is 3.30. The minimum absolute atomic E-state index is 0.00310. The Morgan fingerprint density at radius 2 is 2.32 bits per heavy atom. The summed E-state index contributed by atoms with van der Waals surface area (Å²) < 4.78 is 0.862. The van der Waals surface area contributed by atoms with Gasteiger partial charge in [0.2, 0.25) is 0 Å². The largest absolute Gasteiger partial charge is 0.338 e. The number of carbonyl (C=O) groups is 1. The van der Waals surface area contributed by atoms with Crippen LogP contribution < -0.4 is 5.73 Å². The van der Waals surface area contributed by atoms with Crippen LogP contribution in [0.3, 0.4) is 0 Å². The van der Waals surface area contributed by atoms with Crippen LogP contribution >= 0.6 is 27.5 Å². The van der Waals surface area contributed by atoms with Crippen molar-refractivity contribution in [2.24, 2.45) is 11.7 Å². The van der Waals surface area contributed by atoms with Gasteiger partial charge in [-0.25, -0.2) is 0 Å². The lowest BCUT2D eigenvalue weighted by atomic mass is 9.92. The van der Waals surface area contributed by atoms with Gasteiger partial charge in [0, 0.05) is 23.6 Å². The van der Waals surface area contributed by atoms with E-state index in [1.807, 2.05) is 17.9 Å². The van der Waals surface area contributed by atoms with Gasteiger partial charge in [-0.1, -0.05) is 27.5 Å². The fraction of sp³-hybridized carbons (Fsp3) is 0.500. The van der Waals surface area contributed by atoms with E-state index in [1.54, 1.807) is 12.1 Å². The number of amides is 1. The zero-order valence-electron chi connectivity index (χ0n) is 10.9. The van der Waals surface area contributed by atoms with E-state index in [0.29, 0.717) is 16.5 Å². The zero-order valence-corrected chi connectivity index (χ0v) is 13.2. The Labute approximate surface area is 127 Å². The van der Waals surface area contributed by atoms with E-state index in [9.17, 15) is 4.79 Å². The minimum atomic E-state index is -0.00310. The first-order valence-electron chi connectivity index (χ1n) is 6.49. The summed E-state index contributed by atoms with van der Waals surface area (Å²) in [6.45, 7) is 3.51. The Kier molecular flexibility index (Phi) is 4.87. The van der Waals surface area contributed by atoms with Crippen molar-refractivity contribution in [1.82, 2.24) is 4.90 Å². The number of nitrogens with zero attached hydrogens (tertiary/aromatic N) is 1. The summed E-state index contributed by atoms with van der Waals surface area (Å²) >= 11 is 9.49. The topological polar surface area (TPSA) is 46.3 Å². The van der Waals surface area contributed by atoms with Crippen LogP contribution in [0.2, 0.25) is 5.02 Å². The number of nitrogens with two attached hydrogens (primary N) is 1. The second-order valence-corrected chi connectivity index (χ2v) is 6.46. The predicted molar refractivity (Wildman–Crippen MR) is 81.4 cm³/mol. The first kappa shape index (κ1) is 14.8. The van der Waals surface area contributed by atoms with Gasteiger partial charge >= 0.3 is 0 Å². The number of benzene rings is 1. The number of carbonyl (C=O) groups excluding carboxylic acids is 1. The van der Waals surface area contributed by atoms with Crippen molar-refractivity contribution in [3.63, 3.8) is 0 Å². The first-order valence-corrected chi connectivity index (χ1v) is 7.66. The molecule has 0 radical (unpaired) electrons. The van der Waals surface area contributed by atoms with Crippen molar-refractivity contribution >= 4 is 33.4 Å². The molecule has 0 aromatic heterocycles. The molecule has 2 N–H and O–H groups in total. The summed E-state index contributed by atoms with van der Waals surface area (Å²) in [5.41, 5.74) is 6.51. The fourth-order valence-electron chi connectivity index (χ4n) is 2.46. The molecule has 0 aliphatic carbocycles. The van der Waals surface area contributed by atoms with Crippen LogP contribution in [-0.2, 0) is 0 Å². The van der Waals surface area contributed by atoms with Crippen molar-refractivity contribution in [2.45, 2.75) is 25.8 Å². The van der Waals surface area contributed by atoms with Gasteiger partial charge in [0.1, 0.15) is 0 Å². The highest BCUT2D eigenvalue weighted by atomic mass is 79.9. The molecule has 1 aromatic rings. The number of likely N-dealkylation sites (tertiary alicyclic amines) is 1. The molecule has 5 heteroatoms. The Morgan fingerprint density at radius 1 is 1.58 bits per heavy atom. The average Bonchev–Trinajstić information content (AvgIpc) is 2.41. The highest BCUT2D eigenvalue weighted by Crippen LogP contribution is 2.25. The van der Waals surface area contributed by atoms with Gasteiger partial charge in [0.15, 0.2) is 0 Å². The Morgan fingerprint density at radius 3 is 3.00 bits per heavy atom. The van der Waals surface area contributed by atoms with Gasteiger partial charge in [-0.2, -0.15) is 0 Å². The summed E-state index contributed by atoms with van der Waals surface area (Å²) in [5.74, 6) is 0.375.